The van der Waals surface area contributed by atoms with Crippen LogP contribution in [0.4, 0.5) is 0 Å². The van der Waals surface area contributed by atoms with E-state index >= 15 is 0 Å². The Morgan fingerprint density at radius 3 is 2.56 bits per heavy atom. The Bertz CT molecular complexity index is 403. The van der Waals surface area contributed by atoms with Gasteiger partial charge in [-0.2, -0.15) is 5.26 Å². The van der Waals surface area contributed by atoms with E-state index in [1.165, 1.54) is 12.8 Å². The van der Waals surface area contributed by atoms with E-state index in [0.717, 1.165) is 24.9 Å². The zero-order valence-corrected chi connectivity index (χ0v) is 10.9. The van der Waals surface area contributed by atoms with Crippen LogP contribution in [0, 0.1) is 11.3 Å². The number of carbonyl (C=O) groups excluding carboxylic acids is 1. The minimum Gasteiger partial charge on any atom is -0.352 e. The van der Waals surface area contributed by atoms with E-state index in [9.17, 15) is 4.79 Å². The lowest BCUT2D eigenvalue weighted by atomic mass is 10.1. The second-order valence-corrected chi connectivity index (χ2v) is 4.35. The second kappa shape index (κ2) is 8.30. The first kappa shape index (κ1) is 14.2. The van der Waals surface area contributed by atoms with E-state index in [1.807, 2.05) is 12.1 Å². The Balaban J connectivity index is 2.35. The molecule has 0 aliphatic heterocycles. The van der Waals surface area contributed by atoms with Gasteiger partial charge in [0.25, 0.3) is 5.91 Å². The first-order valence-corrected chi connectivity index (χ1v) is 6.52. The van der Waals surface area contributed by atoms with Crippen LogP contribution in [0.25, 0.3) is 0 Å². The molecule has 0 heterocycles. The molecule has 0 atom stereocenters. The van der Waals surface area contributed by atoms with Crippen molar-refractivity contribution in [3.8, 4) is 6.07 Å². The lowest BCUT2D eigenvalue weighted by Gasteiger charge is -2.05. The summed E-state index contributed by atoms with van der Waals surface area (Å²) in [6.07, 6.45) is 5.01. The Labute approximate surface area is 109 Å². The quantitative estimate of drug-likeness (QED) is 0.749. The minimum absolute atomic E-state index is 0.0324. The summed E-state index contributed by atoms with van der Waals surface area (Å²) in [6.45, 7) is 2.90. The molecular weight excluding hydrogens is 224 g/mol. The van der Waals surface area contributed by atoms with Gasteiger partial charge in [0.2, 0.25) is 0 Å². The largest absolute Gasteiger partial charge is 0.352 e. The first-order chi connectivity index (χ1) is 8.77. The van der Waals surface area contributed by atoms with Crippen molar-refractivity contribution in [2.75, 3.05) is 6.54 Å². The predicted octanol–water partition coefficient (Wildman–Crippen LogP) is 3.06. The second-order valence-electron chi connectivity index (χ2n) is 4.35. The third kappa shape index (κ3) is 5.01. The number of amides is 1. The number of carbonyl (C=O) groups is 1. The Hall–Kier alpha value is -1.82. The molecule has 0 aliphatic carbocycles. The first-order valence-electron chi connectivity index (χ1n) is 6.52. The van der Waals surface area contributed by atoms with Gasteiger partial charge in [-0.1, -0.05) is 38.3 Å². The van der Waals surface area contributed by atoms with Crippen LogP contribution in [0.15, 0.2) is 24.3 Å². The highest BCUT2D eigenvalue weighted by molar-refractivity contribution is 5.94. The molecule has 0 saturated carbocycles. The Morgan fingerprint density at radius 2 is 1.94 bits per heavy atom. The van der Waals surface area contributed by atoms with Gasteiger partial charge in [-0.25, -0.2) is 0 Å². The molecule has 1 N–H and O–H groups in total. The normalized spacial score (nSPS) is 9.78. The van der Waals surface area contributed by atoms with Gasteiger partial charge in [0, 0.05) is 12.1 Å². The van der Waals surface area contributed by atoms with Crippen LogP contribution in [-0.2, 0) is 6.42 Å². The fraction of sp³-hybridized carbons (Fsp3) is 0.467. The summed E-state index contributed by atoms with van der Waals surface area (Å²) in [7, 11) is 0. The molecule has 3 heteroatoms. The minimum atomic E-state index is -0.0324. The molecular formula is C15H20N2O. The number of nitrogens with zero attached hydrogens (tertiary/aromatic N) is 1. The van der Waals surface area contributed by atoms with Crippen LogP contribution in [0.2, 0.25) is 0 Å². The molecule has 18 heavy (non-hydrogen) atoms. The molecule has 0 radical (unpaired) electrons. The lowest BCUT2D eigenvalue weighted by molar-refractivity contribution is 0.0953. The molecule has 0 aromatic heterocycles. The molecule has 1 rings (SSSR count). The van der Waals surface area contributed by atoms with E-state index in [2.05, 4.69) is 18.3 Å². The maximum absolute atomic E-state index is 11.8. The summed E-state index contributed by atoms with van der Waals surface area (Å²) in [6, 6.07) is 9.29. The molecule has 3 nitrogen and oxygen atoms in total. The summed E-state index contributed by atoms with van der Waals surface area (Å²) in [5, 5.41) is 11.5. The van der Waals surface area contributed by atoms with Gasteiger partial charge in [0.05, 0.1) is 12.5 Å². The average molecular weight is 244 g/mol. The van der Waals surface area contributed by atoms with Gasteiger partial charge in [-0.05, 0) is 24.1 Å². The lowest BCUT2D eigenvalue weighted by Crippen LogP contribution is -2.24. The fourth-order valence-electron chi connectivity index (χ4n) is 1.72. The highest BCUT2D eigenvalue weighted by Gasteiger charge is 2.04. The summed E-state index contributed by atoms with van der Waals surface area (Å²) in [5.74, 6) is -0.0324. The number of hydrogen-bond acceptors (Lipinski definition) is 2. The van der Waals surface area contributed by atoms with Crippen LogP contribution in [0.1, 0.15) is 48.5 Å². The maximum Gasteiger partial charge on any atom is 0.251 e. The van der Waals surface area contributed by atoms with Crippen LogP contribution >= 0.6 is 0 Å². The van der Waals surface area contributed by atoms with Crippen molar-refractivity contribution >= 4 is 5.91 Å². The zero-order chi connectivity index (χ0) is 13.2. The molecule has 0 fully saturated rings. The van der Waals surface area contributed by atoms with Crippen molar-refractivity contribution < 1.29 is 4.79 Å². The molecule has 1 aromatic rings. The van der Waals surface area contributed by atoms with Crippen molar-refractivity contribution in [2.24, 2.45) is 0 Å². The molecule has 0 saturated heterocycles. The molecule has 1 aromatic carbocycles. The van der Waals surface area contributed by atoms with Crippen molar-refractivity contribution in [2.45, 2.75) is 39.0 Å². The average Bonchev–Trinajstić information content (AvgIpc) is 2.39. The molecule has 0 spiro atoms. The molecule has 96 valence electrons. The predicted molar refractivity (Wildman–Crippen MR) is 72.2 cm³/mol. The van der Waals surface area contributed by atoms with Crippen LogP contribution in [-0.4, -0.2) is 12.5 Å². The van der Waals surface area contributed by atoms with Gasteiger partial charge in [0.1, 0.15) is 0 Å². The van der Waals surface area contributed by atoms with Gasteiger partial charge >= 0.3 is 0 Å². The molecule has 0 unspecified atom stereocenters. The van der Waals surface area contributed by atoms with Gasteiger partial charge in [-0.3, -0.25) is 4.79 Å². The molecule has 0 aliphatic rings. The van der Waals surface area contributed by atoms with Crippen molar-refractivity contribution in [1.29, 1.82) is 5.26 Å². The third-order valence-corrected chi connectivity index (χ3v) is 2.82. The highest BCUT2D eigenvalue weighted by Crippen LogP contribution is 2.05. The number of unbranched alkanes of at least 4 members (excludes halogenated alkanes) is 3. The zero-order valence-electron chi connectivity index (χ0n) is 10.9. The monoisotopic (exact) mass is 244 g/mol. The molecule has 1 amide bonds. The van der Waals surface area contributed by atoms with Crippen LogP contribution < -0.4 is 5.32 Å². The van der Waals surface area contributed by atoms with Crippen LogP contribution in [0.5, 0.6) is 0 Å². The van der Waals surface area contributed by atoms with Gasteiger partial charge in [0.15, 0.2) is 0 Å². The van der Waals surface area contributed by atoms with Crippen molar-refractivity contribution in [3.63, 3.8) is 0 Å². The Morgan fingerprint density at radius 1 is 1.22 bits per heavy atom. The smallest absolute Gasteiger partial charge is 0.251 e. The van der Waals surface area contributed by atoms with Gasteiger partial charge < -0.3 is 5.32 Å². The van der Waals surface area contributed by atoms with E-state index in [0.29, 0.717) is 12.0 Å². The highest BCUT2D eigenvalue weighted by atomic mass is 16.1. The third-order valence-electron chi connectivity index (χ3n) is 2.82. The Kier molecular flexibility index (Phi) is 6.56. The van der Waals surface area contributed by atoms with Gasteiger partial charge in [-0.15, -0.1) is 0 Å². The SMILES string of the molecule is CCCCCCNC(=O)c1ccc(CC#N)cc1. The van der Waals surface area contributed by atoms with E-state index in [-0.39, 0.29) is 5.91 Å². The van der Waals surface area contributed by atoms with Crippen LogP contribution in [0.3, 0.4) is 0 Å². The summed E-state index contributed by atoms with van der Waals surface area (Å²) >= 11 is 0. The maximum atomic E-state index is 11.8. The number of benzene rings is 1. The fourth-order valence-corrected chi connectivity index (χ4v) is 1.72. The topological polar surface area (TPSA) is 52.9 Å². The summed E-state index contributed by atoms with van der Waals surface area (Å²) in [5.41, 5.74) is 1.60. The van der Waals surface area contributed by atoms with E-state index in [1.54, 1.807) is 12.1 Å². The number of nitriles is 1. The van der Waals surface area contributed by atoms with E-state index < -0.39 is 0 Å². The van der Waals surface area contributed by atoms with Crippen molar-refractivity contribution in [3.05, 3.63) is 35.4 Å². The number of rotatable bonds is 7. The summed E-state index contributed by atoms with van der Waals surface area (Å²) < 4.78 is 0. The standard InChI is InChI=1S/C15H20N2O/c1-2-3-4-5-12-17-15(18)14-8-6-13(7-9-14)10-11-16/h6-9H,2-5,10,12H2,1H3,(H,17,18). The summed E-state index contributed by atoms with van der Waals surface area (Å²) in [4.78, 5) is 11.8. The number of nitrogens with one attached hydrogen (secondary N) is 1. The van der Waals surface area contributed by atoms with E-state index in [4.69, 9.17) is 5.26 Å². The number of hydrogen-bond donors (Lipinski definition) is 1. The van der Waals surface area contributed by atoms with Crippen molar-refractivity contribution in [1.82, 2.24) is 5.32 Å². The molecule has 0 bridgehead atoms.